The first kappa shape index (κ1) is 18.2. The number of nitrogens with zero attached hydrogens (tertiary/aromatic N) is 2. The topological polar surface area (TPSA) is 51.1 Å². The SMILES string of the molecule is CC1CC(C)CN(C(=O)CO/N=C/c2ccccc2OC(F)F)C1. The molecule has 1 aromatic carbocycles. The molecule has 1 saturated heterocycles. The van der Waals surface area contributed by atoms with E-state index in [0.717, 1.165) is 19.5 Å². The third kappa shape index (κ3) is 5.47. The van der Waals surface area contributed by atoms with Crippen molar-refractivity contribution in [1.29, 1.82) is 0 Å². The predicted molar refractivity (Wildman–Crippen MR) is 86.1 cm³/mol. The molecule has 2 atom stereocenters. The van der Waals surface area contributed by atoms with Crippen molar-refractivity contribution in [3.05, 3.63) is 29.8 Å². The Morgan fingerprint density at radius 1 is 1.33 bits per heavy atom. The van der Waals surface area contributed by atoms with Crippen LogP contribution < -0.4 is 4.74 Å². The second kappa shape index (κ2) is 8.61. The Hall–Kier alpha value is -2.18. The minimum atomic E-state index is -2.91. The van der Waals surface area contributed by atoms with Crippen LogP contribution in [0, 0.1) is 11.8 Å². The number of ether oxygens (including phenoxy) is 1. The quantitative estimate of drug-likeness (QED) is 0.590. The number of amides is 1. The van der Waals surface area contributed by atoms with Crippen LogP contribution in [0.25, 0.3) is 0 Å². The number of alkyl halides is 2. The van der Waals surface area contributed by atoms with Gasteiger partial charge in [0.15, 0.2) is 6.61 Å². The van der Waals surface area contributed by atoms with Crippen molar-refractivity contribution < 1.29 is 23.1 Å². The maximum atomic E-state index is 12.3. The molecule has 1 heterocycles. The highest BCUT2D eigenvalue weighted by atomic mass is 19.3. The van der Waals surface area contributed by atoms with Gasteiger partial charge >= 0.3 is 6.61 Å². The van der Waals surface area contributed by atoms with Crippen molar-refractivity contribution in [2.75, 3.05) is 19.7 Å². The van der Waals surface area contributed by atoms with Crippen LogP contribution in [0.15, 0.2) is 29.4 Å². The number of oxime groups is 1. The van der Waals surface area contributed by atoms with Crippen LogP contribution in [-0.2, 0) is 9.63 Å². The van der Waals surface area contributed by atoms with E-state index < -0.39 is 6.61 Å². The number of likely N-dealkylation sites (tertiary alicyclic amines) is 1. The highest BCUT2D eigenvalue weighted by molar-refractivity contribution is 5.83. The first-order chi connectivity index (χ1) is 11.5. The largest absolute Gasteiger partial charge is 0.434 e. The maximum Gasteiger partial charge on any atom is 0.387 e. The minimum absolute atomic E-state index is 0.00450. The van der Waals surface area contributed by atoms with Crippen molar-refractivity contribution in [3.8, 4) is 5.75 Å². The molecule has 0 saturated carbocycles. The van der Waals surface area contributed by atoms with E-state index in [1.54, 1.807) is 23.1 Å². The van der Waals surface area contributed by atoms with Gasteiger partial charge in [0.2, 0.25) is 0 Å². The fourth-order valence-corrected chi connectivity index (χ4v) is 2.93. The Morgan fingerprint density at radius 3 is 2.67 bits per heavy atom. The molecule has 1 aromatic rings. The van der Waals surface area contributed by atoms with E-state index in [2.05, 4.69) is 23.7 Å². The molecule has 0 aliphatic carbocycles. The van der Waals surface area contributed by atoms with E-state index in [-0.39, 0.29) is 18.3 Å². The summed E-state index contributed by atoms with van der Waals surface area (Å²) in [6.07, 6.45) is 2.37. The Morgan fingerprint density at radius 2 is 2.00 bits per heavy atom. The Labute approximate surface area is 140 Å². The number of carbonyl (C=O) groups excluding carboxylic acids is 1. The summed E-state index contributed by atoms with van der Waals surface area (Å²) in [4.78, 5) is 18.9. The summed E-state index contributed by atoms with van der Waals surface area (Å²) in [5.74, 6) is 0.826. The zero-order valence-electron chi connectivity index (χ0n) is 13.8. The van der Waals surface area contributed by atoms with Gasteiger partial charge in [0.1, 0.15) is 5.75 Å². The molecule has 0 spiro atoms. The van der Waals surface area contributed by atoms with E-state index in [9.17, 15) is 13.6 Å². The van der Waals surface area contributed by atoms with Gasteiger partial charge in [0.05, 0.1) is 6.21 Å². The zero-order valence-corrected chi connectivity index (χ0v) is 13.8. The molecule has 0 aromatic heterocycles. The summed E-state index contributed by atoms with van der Waals surface area (Å²) in [5, 5.41) is 3.69. The van der Waals surface area contributed by atoms with Gasteiger partial charge in [-0.15, -0.1) is 0 Å². The van der Waals surface area contributed by atoms with Crippen molar-refractivity contribution in [1.82, 2.24) is 4.90 Å². The lowest BCUT2D eigenvalue weighted by Gasteiger charge is -2.34. The second-order valence-corrected chi connectivity index (χ2v) is 6.17. The van der Waals surface area contributed by atoms with Gasteiger partial charge in [0, 0.05) is 18.7 Å². The van der Waals surface area contributed by atoms with Gasteiger partial charge in [0.25, 0.3) is 5.91 Å². The molecule has 2 rings (SSSR count). The number of benzene rings is 1. The molecule has 5 nitrogen and oxygen atoms in total. The molecular formula is C17H22F2N2O3. The number of piperidine rings is 1. The molecule has 132 valence electrons. The second-order valence-electron chi connectivity index (χ2n) is 6.17. The van der Waals surface area contributed by atoms with Gasteiger partial charge in [-0.3, -0.25) is 4.79 Å². The highest BCUT2D eigenvalue weighted by Gasteiger charge is 2.25. The van der Waals surface area contributed by atoms with E-state index in [4.69, 9.17) is 4.84 Å². The van der Waals surface area contributed by atoms with Gasteiger partial charge < -0.3 is 14.5 Å². The molecule has 1 amide bonds. The summed E-state index contributed by atoms with van der Waals surface area (Å²) >= 11 is 0. The molecule has 0 N–H and O–H groups in total. The van der Waals surface area contributed by atoms with Gasteiger partial charge in [-0.2, -0.15) is 8.78 Å². The molecule has 24 heavy (non-hydrogen) atoms. The number of halogens is 2. The smallest absolute Gasteiger partial charge is 0.387 e. The van der Waals surface area contributed by atoms with Crippen LogP contribution in [0.3, 0.4) is 0 Å². The molecule has 0 radical (unpaired) electrons. The Bertz CT molecular complexity index is 571. The molecule has 1 aliphatic rings. The lowest BCUT2D eigenvalue weighted by molar-refractivity contribution is -0.138. The van der Waals surface area contributed by atoms with Crippen LogP contribution in [-0.4, -0.2) is 43.3 Å². The summed E-state index contributed by atoms with van der Waals surface area (Å²) in [6, 6.07) is 6.23. The summed E-state index contributed by atoms with van der Waals surface area (Å²) in [6.45, 7) is 2.60. The van der Waals surface area contributed by atoms with Gasteiger partial charge in [-0.05, 0) is 30.4 Å². The zero-order chi connectivity index (χ0) is 17.5. The first-order valence-electron chi connectivity index (χ1n) is 7.92. The predicted octanol–water partition coefficient (Wildman–Crippen LogP) is 3.14. The lowest BCUT2D eigenvalue weighted by Crippen LogP contribution is -2.44. The lowest BCUT2D eigenvalue weighted by atomic mass is 9.92. The average molecular weight is 340 g/mol. The maximum absolute atomic E-state index is 12.3. The molecule has 1 fully saturated rings. The van der Waals surface area contributed by atoms with E-state index >= 15 is 0 Å². The fraction of sp³-hybridized carbons (Fsp3) is 0.529. The van der Waals surface area contributed by atoms with Crippen molar-refractivity contribution in [2.24, 2.45) is 17.0 Å². The molecular weight excluding hydrogens is 318 g/mol. The first-order valence-corrected chi connectivity index (χ1v) is 7.92. The normalized spacial score (nSPS) is 21.3. The van der Waals surface area contributed by atoms with Crippen molar-refractivity contribution in [2.45, 2.75) is 26.9 Å². The standard InChI is InChI=1S/C17H22F2N2O3/c1-12-7-13(2)10-21(9-12)16(22)11-23-20-8-14-5-3-4-6-15(14)24-17(18)19/h3-6,8,12-13,17H,7,9-11H2,1-2H3/b20-8+. The summed E-state index contributed by atoms with van der Waals surface area (Å²) in [7, 11) is 0. The van der Waals surface area contributed by atoms with Gasteiger partial charge in [-0.25, -0.2) is 0 Å². The third-order valence-electron chi connectivity index (χ3n) is 3.81. The van der Waals surface area contributed by atoms with Gasteiger partial charge in [-0.1, -0.05) is 31.1 Å². The summed E-state index contributed by atoms with van der Waals surface area (Å²) in [5.41, 5.74) is 0.352. The Kier molecular flexibility index (Phi) is 6.52. The van der Waals surface area contributed by atoms with E-state index in [1.807, 2.05) is 0 Å². The van der Waals surface area contributed by atoms with Crippen LogP contribution in [0.5, 0.6) is 5.75 Å². The van der Waals surface area contributed by atoms with Crippen LogP contribution >= 0.6 is 0 Å². The van der Waals surface area contributed by atoms with Crippen LogP contribution in [0.2, 0.25) is 0 Å². The average Bonchev–Trinajstić information content (AvgIpc) is 2.51. The fourth-order valence-electron chi connectivity index (χ4n) is 2.93. The highest BCUT2D eigenvalue weighted by Crippen LogP contribution is 2.21. The number of rotatable bonds is 6. The van der Waals surface area contributed by atoms with Crippen molar-refractivity contribution >= 4 is 12.1 Å². The van der Waals surface area contributed by atoms with E-state index in [0.29, 0.717) is 17.4 Å². The van der Waals surface area contributed by atoms with E-state index in [1.165, 1.54) is 12.3 Å². The monoisotopic (exact) mass is 340 g/mol. The number of para-hydroxylation sites is 1. The van der Waals surface area contributed by atoms with Crippen LogP contribution in [0.1, 0.15) is 25.8 Å². The third-order valence-corrected chi connectivity index (χ3v) is 3.81. The molecule has 7 heteroatoms. The molecule has 1 aliphatic heterocycles. The number of hydrogen-bond acceptors (Lipinski definition) is 4. The van der Waals surface area contributed by atoms with Crippen LogP contribution in [0.4, 0.5) is 8.78 Å². The molecule has 0 bridgehead atoms. The Balaban J connectivity index is 1.85. The van der Waals surface area contributed by atoms with Crippen molar-refractivity contribution in [3.63, 3.8) is 0 Å². The molecule has 2 unspecified atom stereocenters. The number of carbonyl (C=O) groups is 1. The number of hydrogen-bond donors (Lipinski definition) is 0. The summed E-state index contributed by atoms with van der Waals surface area (Å²) < 4.78 is 29.0. The minimum Gasteiger partial charge on any atom is -0.434 e.